The first-order valence-corrected chi connectivity index (χ1v) is 20.3. The number of ether oxygens (including phenoxy) is 2. The van der Waals surface area contributed by atoms with Gasteiger partial charge in [0, 0.05) is 75.8 Å². The maximum absolute atomic E-state index is 16.5. The predicted molar refractivity (Wildman–Crippen MR) is 231 cm³/mol. The Kier molecular flexibility index (Phi) is 15.8. The summed E-state index contributed by atoms with van der Waals surface area (Å²) in [5, 5.41) is 2.96. The molecule has 4 aromatic rings. The lowest BCUT2D eigenvalue weighted by Gasteiger charge is -2.41. The van der Waals surface area contributed by atoms with E-state index in [0.717, 1.165) is 50.7 Å². The van der Waals surface area contributed by atoms with E-state index in [0.29, 0.717) is 64.5 Å². The van der Waals surface area contributed by atoms with Gasteiger partial charge in [-0.1, -0.05) is 13.0 Å². The monoisotopic (exact) mass is 861 g/mol. The van der Waals surface area contributed by atoms with E-state index in [1.54, 1.807) is 9.47 Å². The largest absolute Gasteiger partial charge is 0.462 e. The molecule has 4 heterocycles. The first-order chi connectivity index (χ1) is 27.5. The highest BCUT2D eigenvalue weighted by molar-refractivity contribution is 5.95. The number of hydrogen-bond donors (Lipinski definition) is 2. The fourth-order valence-electron chi connectivity index (χ4n) is 8.06. The number of carbonyl (C=O) groups is 1. The number of hydrogen-bond acceptors (Lipinski definition) is 10. The summed E-state index contributed by atoms with van der Waals surface area (Å²) in [6, 6.07) is 8.23. The van der Waals surface area contributed by atoms with Gasteiger partial charge in [0.2, 0.25) is 5.43 Å². The molecule has 13 nitrogen and oxygen atoms in total. The molecular formula is C42H55Cl2F2N7O6. The van der Waals surface area contributed by atoms with E-state index in [1.165, 1.54) is 28.0 Å². The molecule has 2 aromatic heterocycles. The van der Waals surface area contributed by atoms with Crippen LogP contribution in [0.15, 0.2) is 50.9 Å². The second kappa shape index (κ2) is 20.3. The number of unbranched alkanes of at least 4 members (excludes halogenated alkanes) is 1. The van der Waals surface area contributed by atoms with Crippen LogP contribution in [0.4, 0.5) is 26.0 Å². The number of aryl methyl sites for hydroxylation is 2. The SMILES string of the molecule is CCc1cc(Nc2cc(=O)n(CCCCN3CCN(c4c(F)cc5c(=O)c(C(=O)OCCCN6CCOCC6)cn(C6CC6)c5c4F)CC3C)c(=O)[nH]2)ccc1C.Cl.Cl. The highest BCUT2D eigenvalue weighted by Crippen LogP contribution is 2.40. The third-order valence-electron chi connectivity index (χ3n) is 11.5. The number of halogens is 4. The van der Waals surface area contributed by atoms with Gasteiger partial charge in [-0.05, 0) is 88.2 Å². The second-order valence-corrected chi connectivity index (χ2v) is 15.5. The third-order valence-corrected chi connectivity index (χ3v) is 11.5. The van der Waals surface area contributed by atoms with Crippen LogP contribution in [0.25, 0.3) is 10.9 Å². The minimum Gasteiger partial charge on any atom is -0.462 e. The van der Waals surface area contributed by atoms with E-state index < -0.39 is 28.7 Å². The number of fused-ring (bicyclic) bond motifs is 1. The van der Waals surface area contributed by atoms with Crippen LogP contribution in [0.2, 0.25) is 0 Å². The van der Waals surface area contributed by atoms with Crippen LogP contribution in [-0.2, 0) is 22.4 Å². The van der Waals surface area contributed by atoms with E-state index in [9.17, 15) is 19.2 Å². The van der Waals surface area contributed by atoms with Crippen molar-refractivity contribution >= 4 is 58.9 Å². The molecule has 2 saturated heterocycles. The molecule has 3 fully saturated rings. The Morgan fingerprint density at radius 3 is 2.41 bits per heavy atom. The van der Waals surface area contributed by atoms with Crippen molar-refractivity contribution in [1.29, 1.82) is 0 Å². The molecule has 1 saturated carbocycles. The number of carbonyl (C=O) groups excluding carboxylic acids is 1. The summed E-state index contributed by atoms with van der Waals surface area (Å²) in [6.07, 6.45) is 5.68. The molecule has 2 aromatic carbocycles. The van der Waals surface area contributed by atoms with Crippen molar-refractivity contribution in [3.05, 3.63) is 95.9 Å². The van der Waals surface area contributed by atoms with Gasteiger partial charge in [-0.2, -0.15) is 0 Å². The molecule has 3 aliphatic rings. The number of piperazine rings is 1. The van der Waals surface area contributed by atoms with Gasteiger partial charge in [0.25, 0.3) is 5.56 Å². The number of pyridine rings is 1. The van der Waals surface area contributed by atoms with Crippen molar-refractivity contribution < 1.29 is 23.0 Å². The number of morpholine rings is 1. The Labute approximate surface area is 354 Å². The molecule has 0 bridgehead atoms. The Morgan fingerprint density at radius 1 is 0.966 bits per heavy atom. The Hall–Kier alpha value is -4.28. The lowest BCUT2D eigenvalue weighted by molar-refractivity contribution is 0.0298. The van der Waals surface area contributed by atoms with Gasteiger partial charge in [0.1, 0.15) is 22.9 Å². The van der Waals surface area contributed by atoms with Gasteiger partial charge < -0.3 is 24.3 Å². The Bertz CT molecular complexity index is 2260. The molecule has 7 rings (SSSR count). The molecule has 2 N–H and O–H groups in total. The zero-order valence-electron chi connectivity index (χ0n) is 33.9. The summed E-state index contributed by atoms with van der Waals surface area (Å²) < 4.78 is 46.1. The van der Waals surface area contributed by atoms with Crippen molar-refractivity contribution in [3.8, 4) is 0 Å². The standard InChI is InChI=1S/C42H53F2N7O6.2ClH/c1-4-29-22-30(9-8-27(29)2)45-35-24-36(52)50(42(55)46-35)14-6-5-13-48-15-16-49(25-28(48)3)39-34(43)23-32-38(37(39)44)51(31-10-11-31)26-33(40(32)53)41(54)57-19-7-12-47-17-20-56-21-18-47;;/h8-9,22-24,26,28,31,45H,4-7,10-21,25H2,1-3H3,(H,46,55);2*1H. The second-order valence-electron chi connectivity index (χ2n) is 15.5. The van der Waals surface area contributed by atoms with Gasteiger partial charge in [-0.25, -0.2) is 18.4 Å². The van der Waals surface area contributed by atoms with Crippen LogP contribution >= 0.6 is 24.8 Å². The molecule has 1 aliphatic carbocycles. The first kappa shape index (κ1) is 45.8. The normalized spacial score (nSPS) is 17.4. The van der Waals surface area contributed by atoms with Crippen LogP contribution in [0, 0.1) is 18.6 Å². The number of rotatable bonds is 15. The van der Waals surface area contributed by atoms with Crippen LogP contribution in [0.3, 0.4) is 0 Å². The van der Waals surface area contributed by atoms with Gasteiger partial charge in [-0.3, -0.25) is 28.9 Å². The predicted octanol–water partition coefficient (Wildman–Crippen LogP) is 5.79. The maximum atomic E-state index is 16.5. The van der Waals surface area contributed by atoms with E-state index in [2.05, 4.69) is 27.0 Å². The number of esters is 1. The average molecular weight is 863 g/mol. The summed E-state index contributed by atoms with van der Waals surface area (Å²) in [5.41, 5.74) is 1.16. The highest BCUT2D eigenvalue weighted by atomic mass is 35.5. The zero-order valence-corrected chi connectivity index (χ0v) is 35.5. The lowest BCUT2D eigenvalue weighted by Crippen LogP contribution is -2.52. The summed E-state index contributed by atoms with van der Waals surface area (Å²) in [7, 11) is 0. The Balaban J connectivity index is 0.00000331. The molecule has 0 spiro atoms. The van der Waals surface area contributed by atoms with Crippen molar-refractivity contribution in [3.63, 3.8) is 0 Å². The molecule has 59 heavy (non-hydrogen) atoms. The number of nitrogens with zero attached hydrogens (tertiary/aromatic N) is 5. The smallest absolute Gasteiger partial charge is 0.343 e. The van der Waals surface area contributed by atoms with Gasteiger partial charge >= 0.3 is 11.7 Å². The first-order valence-electron chi connectivity index (χ1n) is 20.3. The van der Waals surface area contributed by atoms with Crippen molar-refractivity contribution in [2.24, 2.45) is 0 Å². The minimum absolute atomic E-state index is 0. The fourth-order valence-corrected chi connectivity index (χ4v) is 8.06. The molecule has 2 aliphatic heterocycles. The quantitative estimate of drug-likeness (QED) is 0.112. The Morgan fingerprint density at radius 2 is 1.71 bits per heavy atom. The van der Waals surface area contributed by atoms with E-state index >= 15 is 8.78 Å². The lowest BCUT2D eigenvalue weighted by atomic mass is 10.1. The summed E-state index contributed by atoms with van der Waals surface area (Å²) in [6.45, 7) is 12.2. The van der Waals surface area contributed by atoms with Gasteiger partial charge in [-0.15, -0.1) is 24.8 Å². The number of anilines is 3. The van der Waals surface area contributed by atoms with Crippen molar-refractivity contribution in [1.82, 2.24) is 23.9 Å². The van der Waals surface area contributed by atoms with Gasteiger partial charge in [0.15, 0.2) is 5.82 Å². The molecule has 1 atom stereocenters. The van der Waals surface area contributed by atoms with Crippen molar-refractivity contribution in [2.75, 3.05) is 75.9 Å². The van der Waals surface area contributed by atoms with Crippen LogP contribution in [0.1, 0.15) is 73.5 Å². The molecule has 322 valence electrons. The zero-order chi connectivity index (χ0) is 40.2. The van der Waals surface area contributed by atoms with Crippen LogP contribution in [-0.4, -0.2) is 102 Å². The summed E-state index contributed by atoms with van der Waals surface area (Å²) >= 11 is 0. The highest BCUT2D eigenvalue weighted by Gasteiger charge is 2.33. The average Bonchev–Trinajstić information content (AvgIpc) is 4.04. The molecule has 0 radical (unpaired) electrons. The fraction of sp³-hybridized carbons (Fsp3) is 0.524. The summed E-state index contributed by atoms with van der Waals surface area (Å²) in [5.74, 6) is -2.11. The maximum Gasteiger partial charge on any atom is 0.343 e. The number of aromatic amines is 1. The number of benzene rings is 2. The van der Waals surface area contributed by atoms with E-state index in [1.807, 2.05) is 32.0 Å². The number of nitrogens with one attached hydrogen (secondary N) is 2. The molecular weight excluding hydrogens is 807 g/mol. The number of H-pyrrole nitrogens is 1. The van der Waals surface area contributed by atoms with Crippen LogP contribution < -0.4 is 26.9 Å². The third kappa shape index (κ3) is 10.5. The number of aromatic nitrogens is 3. The summed E-state index contributed by atoms with van der Waals surface area (Å²) in [4.78, 5) is 61.3. The van der Waals surface area contributed by atoms with E-state index in [-0.39, 0.29) is 77.8 Å². The van der Waals surface area contributed by atoms with Crippen molar-refractivity contribution in [2.45, 2.75) is 77.9 Å². The van der Waals surface area contributed by atoms with E-state index in [4.69, 9.17) is 9.47 Å². The van der Waals surface area contributed by atoms with Crippen LogP contribution in [0.5, 0.6) is 0 Å². The molecule has 1 unspecified atom stereocenters. The molecule has 17 heteroatoms. The topological polar surface area (TPSA) is 134 Å². The van der Waals surface area contributed by atoms with Gasteiger partial charge in [0.05, 0.1) is 30.7 Å². The molecule has 0 amide bonds. The minimum atomic E-state index is -0.849.